The van der Waals surface area contributed by atoms with E-state index in [1.54, 1.807) is 0 Å². The molecule has 1 rings (SSSR count). The Kier molecular flexibility index (Phi) is 5.40. The molecule has 0 atom stereocenters. The fraction of sp³-hybridized carbons (Fsp3) is 0.462. The molecule has 0 aliphatic rings. The Bertz CT molecular complexity index is 316. The Hall–Kier alpha value is -1.51. The van der Waals surface area contributed by atoms with Crippen molar-refractivity contribution in [2.24, 2.45) is 0 Å². The number of aryl methyl sites for hydroxylation is 1. The molecule has 0 amide bonds. The van der Waals surface area contributed by atoms with Crippen LogP contribution in [-0.2, 0) is 16.0 Å². The van der Waals surface area contributed by atoms with Gasteiger partial charge >= 0.3 is 5.97 Å². The summed E-state index contributed by atoms with van der Waals surface area (Å²) in [7, 11) is 1.41. The van der Waals surface area contributed by atoms with E-state index in [9.17, 15) is 4.79 Å². The van der Waals surface area contributed by atoms with Gasteiger partial charge in [-0.2, -0.15) is 0 Å². The number of carbonyl (C=O) groups excluding carboxylic acids is 1. The average Bonchev–Trinajstić information content (AvgIpc) is 2.34. The molecule has 0 heterocycles. The summed E-state index contributed by atoms with van der Waals surface area (Å²) in [5.41, 5.74) is 1.12. The van der Waals surface area contributed by atoms with Crippen molar-refractivity contribution in [3.63, 3.8) is 0 Å². The average molecular weight is 222 g/mol. The SMILES string of the molecule is CCCOc1ccc(CCC(=O)OC)cc1. The minimum absolute atomic E-state index is 0.175. The molecule has 0 N–H and O–H groups in total. The molecule has 0 radical (unpaired) electrons. The standard InChI is InChI=1S/C13H18O3/c1-3-10-16-12-7-4-11(5-8-12)6-9-13(14)15-2/h4-5,7-8H,3,6,9-10H2,1-2H3. The molecule has 0 saturated carbocycles. The van der Waals surface area contributed by atoms with Crippen molar-refractivity contribution in [2.45, 2.75) is 26.2 Å². The number of hydrogen-bond acceptors (Lipinski definition) is 3. The van der Waals surface area contributed by atoms with Gasteiger partial charge in [-0.1, -0.05) is 19.1 Å². The van der Waals surface area contributed by atoms with E-state index in [1.807, 2.05) is 24.3 Å². The second kappa shape index (κ2) is 6.88. The van der Waals surface area contributed by atoms with Crippen LogP contribution in [0.15, 0.2) is 24.3 Å². The van der Waals surface area contributed by atoms with Gasteiger partial charge in [0.25, 0.3) is 0 Å². The maximum absolute atomic E-state index is 10.9. The highest BCUT2D eigenvalue weighted by molar-refractivity contribution is 5.69. The number of carbonyl (C=O) groups is 1. The summed E-state index contributed by atoms with van der Waals surface area (Å²) in [4.78, 5) is 10.9. The van der Waals surface area contributed by atoms with Crippen LogP contribution in [0.4, 0.5) is 0 Å². The third-order valence-corrected chi connectivity index (χ3v) is 2.24. The molecule has 0 bridgehead atoms. The van der Waals surface area contributed by atoms with E-state index in [4.69, 9.17) is 4.74 Å². The molecule has 3 nitrogen and oxygen atoms in total. The van der Waals surface area contributed by atoms with Crippen LogP contribution in [0, 0.1) is 0 Å². The van der Waals surface area contributed by atoms with Crippen molar-refractivity contribution < 1.29 is 14.3 Å². The third-order valence-electron chi connectivity index (χ3n) is 2.24. The molecular weight excluding hydrogens is 204 g/mol. The summed E-state index contributed by atoms with van der Waals surface area (Å²) in [6.45, 7) is 2.81. The molecule has 0 spiro atoms. The van der Waals surface area contributed by atoms with Crippen LogP contribution >= 0.6 is 0 Å². The van der Waals surface area contributed by atoms with E-state index in [0.717, 1.165) is 24.3 Å². The Morgan fingerprint density at radius 3 is 2.50 bits per heavy atom. The number of benzene rings is 1. The van der Waals surface area contributed by atoms with E-state index in [2.05, 4.69) is 11.7 Å². The van der Waals surface area contributed by atoms with Gasteiger partial charge in [-0.25, -0.2) is 0 Å². The Balaban J connectivity index is 2.41. The van der Waals surface area contributed by atoms with Crippen LogP contribution < -0.4 is 4.74 Å². The highest BCUT2D eigenvalue weighted by Gasteiger charge is 2.01. The van der Waals surface area contributed by atoms with Crippen LogP contribution in [0.25, 0.3) is 0 Å². The molecule has 88 valence electrons. The summed E-state index contributed by atoms with van der Waals surface area (Å²) in [6, 6.07) is 7.83. The van der Waals surface area contributed by atoms with Crippen molar-refractivity contribution in [3.05, 3.63) is 29.8 Å². The molecule has 0 aliphatic carbocycles. The highest BCUT2D eigenvalue weighted by Crippen LogP contribution is 2.13. The van der Waals surface area contributed by atoms with Crippen LogP contribution in [0.2, 0.25) is 0 Å². The van der Waals surface area contributed by atoms with Gasteiger partial charge in [-0.05, 0) is 30.5 Å². The molecule has 1 aromatic rings. The van der Waals surface area contributed by atoms with Gasteiger partial charge < -0.3 is 9.47 Å². The van der Waals surface area contributed by atoms with E-state index in [1.165, 1.54) is 7.11 Å². The van der Waals surface area contributed by atoms with Gasteiger partial charge in [0, 0.05) is 6.42 Å². The molecule has 1 aromatic carbocycles. The van der Waals surface area contributed by atoms with Crippen molar-refractivity contribution in [3.8, 4) is 5.75 Å². The fourth-order valence-electron chi connectivity index (χ4n) is 1.32. The summed E-state index contributed by atoms with van der Waals surface area (Å²) in [5, 5.41) is 0. The number of methoxy groups -OCH3 is 1. The number of ether oxygens (including phenoxy) is 2. The molecule has 0 fully saturated rings. The Morgan fingerprint density at radius 2 is 1.94 bits per heavy atom. The lowest BCUT2D eigenvalue weighted by Gasteiger charge is -2.05. The molecule has 0 aliphatic heterocycles. The zero-order valence-electron chi connectivity index (χ0n) is 9.86. The number of rotatable bonds is 6. The van der Waals surface area contributed by atoms with Crippen molar-refractivity contribution in [1.29, 1.82) is 0 Å². The zero-order chi connectivity index (χ0) is 11.8. The first-order valence-corrected chi connectivity index (χ1v) is 5.54. The van der Waals surface area contributed by atoms with Crippen molar-refractivity contribution in [2.75, 3.05) is 13.7 Å². The lowest BCUT2D eigenvalue weighted by atomic mass is 10.1. The van der Waals surface area contributed by atoms with Gasteiger partial charge in [-0.15, -0.1) is 0 Å². The molecule has 0 unspecified atom stereocenters. The quantitative estimate of drug-likeness (QED) is 0.694. The summed E-state index contributed by atoms with van der Waals surface area (Å²) >= 11 is 0. The van der Waals surface area contributed by atoms with Crippen LogP contribution in [-0.4, -0.2) is 19.7 Å². The van der Waals surface area contributed by atoms with E-state index >= 15 is 0 Å². The lowest BCUT2D eigenvalue weighted by Crippen LogP contribution is -2.02. The molecule has 0 aromatic heterocycles. The number of hydrogen-bond donors (Lipinski definition) is 0. The minimum atomic E-state index is -0.175. The summed E-state index contributed by atoms with van der Waals surface area (Å²) in [6.07, 6.45) is 2.14. The van der Waals surface area contributed by atoms with E-state index in [0.29, 0.717) is 12.8 Å². The first-order valence-electron chi connectivity index (χ1n) is 5.54. The maximum atomic E-state index is 10.9. The molecule has 3 heteroatoms. The second-order valence-corrected chi connectivity index (χ2v) is 3.57. The third kappa shape index (κ3) is 4.34. The van der Waals surface area contributed by atoms with Crippen LogP contribution in [0.3, 0.4) is 0 Å². The molecule has 16 heavy (non-hydrogen) atoms. The van der Waals surface area contributed by atoms with Gasteiger partial charge in [-0.3, -0.25) is 4.79 Å². The first-order chi connectivity index (χ1) is 7.76. The summed E-state index contributed by atoms with van der Waals surface area (Å²) < 4.78 is 10.1. The Labute approximate surface area is 96.4 Å². The van der Waals surface area contributed by atoms with Crippen LogP contribution in [0.1, 0.15) is 25.3 Å². The lowest BCUT2D eigenvalue weighted by molar-refractivity contribution is -0.140. The van der Waals surface area contributed by atoms with Crippen LogP contribution in [0.5, 0.6) is 5.75 Å². The van der Waals surface area contributed by atoms with E-state index in [-0.39, 0.29) is 5.97 Å². The predicted molar refractivity (Wildman–Crippen MR) is 62.6 cm³/mol. The minimum Gasteiger partial charge on any atom is -0.494 e. The van der Waals surface area contributed by atoms with Crippen molar-refractivity contribution >= 4 is 5.97 Å². The maximum Gasteiger partial charge on any atom is 0.305 e. The Morgan fingerprint density at radius 1 is 1.25 bits per heavy atom. The smallest absolute Gasteiger partial charge is 0.305 e. The topological polar surface area (TPSA) is 35.5 Å². The largest absolute Gasteiger partial charge is 0.494 e. The van der Waals surface area contributed by atoms with E-state index < -0.39 is 0 Å². The highest BCUT2D eigenvalue weighted by atomic mass is 16.5. The molecule has 0 saturated heterocycles. The van der Waals surface area contributed by atoms with Gasteiger partial charge in [0.05, 0.1) is 13.7 Å². The predicted octanol–water partition coefficient (Wildman–Crippen LogP) is 2.58. The van der Waals surface area contributed by atoms with Gasteiger partial charge in [0.2, 0.25) is 0 Å². The van der Waals surface area contributed by atoms with Gasteiger partial charge in [0.1, 0.15) is 5.75 Å². The van der Waals surface area contributed by atoms with Gasteiger partial charge in [0.15, 0.2) is 0 Å². The summed E-state index contributed by atoms with van der Waals surface area (Å²) in [5.74, 6) is 0.704. The zero-order valence-corrected chi connectivity index (χ0v) is 9.86. The van der Waals surface area contributed by atoms with Crippen molar-refractivity contribution in [1.82, 2.24) is 0 Å². The number of esters is 1. The molecular formula is C13H18O3. The second-order valence-electron chi connectivity index (χ2n) is 3.57. The normalized spacial score (nSPS) is 9.88. The monoisotopic (exact) mass is 222 g/mol. The fourth-order valence-corrected chi connectivity index (χ4v) is 1.32. The first kappa shape index (κ1) is 12.6.